The van der Waals surface area contributed by atoms with Crippen LogP contribution in [0.2, 0.25) is 6.32 Å². The van der Waals surface area contributed by atoms with Crippen LogP contribution in [0.15, 0.2) is 0 Å². The number of carboxylic acids is 1. The second-order valence-electron chi connectivity index (χ2n) is 8.58. The lowest BCUT2D eigenvalue weighted by atomic mass is 9.70. The van der Waals surface area contributed by atoms with Crippen molar-refractivity contribution in [3.05, 3.63) is 0 Å². The van der Waals surface area contributed by atoms with Crippen LogP contribution in [-0.4, -0.2) is 77.0 Å². The summed E-state index contributed by atoms with van der Waals surface area (Å²) >= 11 is 0. The summed E-state index contributed by atoms with van der Waals surface area (Å²) in [4.78, 5) is 11.7. The fourth-order valence-electron chi connectivity index (χ4n) is 4.85. The lowest BCUT2D eigenvalue weighted by Gasteiger charge is -2.52. The van der Waals surface area contributed by atoms with Crippen molar-refractivity contribution in [1.82, 2.24) is 8.61 Å². The minimum atomic E-state index is -3.73. The Balaban J connectivity index is 1.66. The van der Waals surface area contributed by atoms with Crippen LogP contribution in [-0.2, 0) is 15.0 Å². The Labute approximate surface area is 160 Å². The van der Waals surface area contributed by atoms with E-state index in [1.165, 1.54) is 15.0 Å². The molecule has 2 heterocycles. The predicted octanol–water partition coefficient (Wildman–Crippen LogP) is -0.536. The average Bonchev–Trinajstić information content (AvgIpc) is 2.92. The molecule has 27 heavy (non-hydrogen) atoms. The molecule has 3 fully saturated rings. The van der Waals surface area contributed by atoms with Crippen molar-refractivity contribution in [2.45, 2.75) is 56.8 Å². The molecule has 0 aromatic carbocycles. The van der Waals surface area contributed by atoms with Crippen LogP contribution in [0.3, 0.4) is 0 Å². The van der Waals surface area contributed by atoms with Gasteiger partial charge >= 0.3 is 13.1 Å². The molecule has 1 aliphatic carbocycles. The van der Waals surface area contributed by atoms with Crippen molar-refractivity contribution in [2.24, 2.45) is 17.1 Å². The van der Waals surface area contributed by atoms with Gasteiger partial charge in [-0.05, 0) is 31.0 Å². The lowest BCUT2D eigenvalue weighted by Crippen LogP contribution is -2.62. The highest BCUT2D eigenvalue weighted by atomic mass is 32.2. The second kappa shape index (κ2) is 7.60. The molecule has 1 spiro atoms. The molecule has 0 unspecified atom stereocenters. The number of hydrogen-bond acceptors (Lipinski definition) is 6. The van der Waals surface area contributed by atoms with E-state index >= 15 is 0 Å². The van der Waals surface area contributed by atoms with Crippen LogP contribution in [0.1, 0.15) is 44.9 Å². The molecular formula is C16H30BN3O6S. The van der Waals surface area contributed by atoms with E-state index in [4.69, 9.17) is 15.8 Å². The van der Waals surface area contributed by atoms with E-state index < -0.39 is 34.8 Å². The van der Waals surface area contributed by atoms with Gasteiger partial charge in [0.1, 0.15) is 5.54 Å². The average molecular weight is 403 g/mol. The fraction of sp³-hybridized carbons (Fsp3) is 0.938. The van der Waals surface area contributed by atoms with E-state index in [1.54, 1.807) is 0 Å². The fourth-order valence-corrected chi connectivity index (χ4v) is 6.80. The molecule has 1 saturated carbocycles. The van der Waals surface area contributed by atoms with Crippen LogP contribution >= 0.6 is 0 Å². The summed E-state index contributed by atoms with van der Waals surface area (Å²) in [5.74, 6) is -1.78. The number of carbonyl (C=O) groups is 1. The first kappa shape index (κ1) is 21.0. The van der Waals surface area contributed by atoms with Crippen molar-refractivity contribution in [1.29, 1.82) is 0 Å². The number of nitrogens with zero attached hydrogens (tertiary/aromatic N) is 2. The predicted molar refractivity (Wildman–Crippen MR) is 99.9 cm³/mol. The van der Waals surface area contributed by atoms with Gasteiger partial charge < -0.3 is 20.9 Å². The summed E-state index contributed by atoms with van der Waals surface area (Å²) in [5.41, 5.74) is 4.55. The molecule has 0 bridgehead atoms. The molecule has 2 atom stereocenters. The second-order valence-corrected chi connectivity index (χ2v) is 10.5. The van der Waals surface area contributed by atoms with E-state index in [9.17, 15) is 18.3 Å². The highest BCUT2D eigenvalue weighted by Gasteiger charge is 2.56. The molecule has 3 aliphatic rings. The number of aliphatic carboxylic acids is 1. The lowest BCUT2D eigenvalue weighted by molar-refractivity contribution is -0.144. The van der Waals surface area contributed by atoms with Crippen LogP contribution in [0.4, 0.5) is 0 Å². The Morgan fingerprint density at radius 1 is 1.11 bits per heavy atom. The van der Waals surface area contributed by atoms with Crippen molar-refractivity contribution in [3.63, 3.8) is 0 Å². The molecule has 0 radical (unpaired) electrons. The quantitative estimate of drug-likeness (QED) is 0.418. The molecule has 9 nitrogen and oxygen atoms in total. The van der Waals surface area contributed by atoms with Gasteiger partial charge in [0, 0.05) is 32.1 Å². The van der Waals surface area contributed by atoms with Crippen LogP contribution in [0.5, 0.6) is 0 Å². The van der Waals surface area contributed by atoms with E-state index in [0.717, 1.165) is 25.7 Å². The normalized spacial score (nSPS) is 31.7. The first-order valence-corrected chi connectivity index (χ1v) is 11.1. The number of nitrogens with two attached hydrogens (primary N) is 1. The Bertz CT molecular complexity index is 661. The highest BCUT2D eigenvalue weighted by molar-refractivity contribution is 7.86. The van der Waals surface area contributed by atoms with Gasteiger partial charge in [0.05, 0.1) is 0 Å². The standard InChI is InChI=1S/C16H30BN3O6S/c18-16(14(21)22)12-19(9-13(16)5-4-8-17(23)24)27(25,26)20-10-15(11-20)6-2-1-3-7-15/h13,23-24H,1-12,18H2,(H,21,22)/t13-,16-/m0/s1. The van der Waals surface area contributed by atoms with Crippen molar-refractivity contribution >= 4 is 23.3 Å². The summed E-state index contributed by atoms with van der Waals surface area (Å²) < 4.78 is 28.7. The van der Waals surface area contributed by atoms with Gasteiger partial charge in [-0.2, -0.15) is 17.0 Å². The molecule has 5 N–H and O–H groups in total. The minimum Gasteiger partial charge on any atom is -0.480 e. The molecule has 0 aromatic rings. The van der Waals surface area contributed by atoms with E-state index in [0.29, 0.717) is 25.9 Å². The molecule has 154 valence electrons. The van der Waals surface area contributed by atoms with Gasteiger partial charge in [0.2, 0.25) is 0 Å². The zero-order valence-electron chi connectivity index (χ0n) is 15.6. The molecule has 0 amide bonds. The third-order valence-corrected chi connectivity index (χ3v) is 8.44. The van der Waals surface area contributed by atoms with Crippen molar-refractivity contribution in [2.75, 3.05) is 26.2 Å². The van der Waals surface area contributed by atoms with Gasteiger partial charge in [0.25, 0.3) is 10.2 Å². The Morgan fingerprint density at radius 2 is 1.74 bits per heavy atom. The first-order valence-electron chi connectivity index (χ1n) is 9.73. The number of carboxylic acid groups (broad SMARTS) is 1. The van der Waals surface area contributed by atoms with Crippen LogP contribution < -0.4 is 5.73 Å². The largest absolute Gasteiger partial charge is 0.480 e. The molecule has 2 aliphatic heterocycles. The third kappa shape index (κ3) is 4.04. The summed E-state index contributed by atoms with van der Waals surface area (Å²) in [6.07, 6.45) is 6.41. The van der Waals surface area contributed by atoms with Gasteiger partial charge in [0.15, 0.2) is 0 Å². The summed E-state index contributed by atoms with van der Waals surface area (Å²) in [7, 11) is -5.19. The van der Waals surface area contributed by atoms with E-state index in [-0.39, 0.29) is 24.8 Å². The Morgan fingerprint density at radius 3 is 2.30 bits per heavy atom. The molecule has 2 saturated heterocycles. The summed E-state index contributed by atoms with van der Waals surface area (Å²) in [6.45, 7) is 0.826. The maximum atomic E-state index is 13.0. The topological polar surface area (TPSA) is 144 Å². The first-order chi connectivity index (χ1) is 12.6. The Hall–Kier alpha value is -0.715. The maximum absolute atomic E-state index is 13.0. The highest BCUT2D eigenvalue weighted by Crippen LogP contribution is 2.46. The monoisotopic (exact) mass is 403 g/mol. The maximum Gasteiger partial charge on any atom is 0.451 e. The minimum absolute atomic E-state index is 0.0517. The zero-order chi connectivity index (χ0) is 19.9. The molecule has 0 aromatic heterocycles. The zero-order valence-corrected chi connectivity index (χ0v) is 16.4. The van der Waals surface area contributed by atoms with Gasteiger partial charge in [-0.25, -0.2) is 0 Å². The SMILES string of the molecule is N[C@@]1(C(=O)O)CN(S(=O)(=O)N2CC3(CCCCC3)C2)C[C@@H]1CCCB(O)O. The molecular weight excluding hydrogens is 373 g/mol. The van der Waals surface area contributed by atoms with Gasteiger partial charge in [-0.15, -0.1) is 0 Å². The number of rotatable bonds is 7. The summed E-state index contributed by atoms with van der Waals surface area (Å²) in [6, 6.07) is 0. The van der Waals surface area contributed by atoms with E-state index in [1.807, 2.05) is 0 Å². The van der Waals surface area contributed by atoms with Crippen molar-refractivity contribution in [3.8, 4) is 0 Å². The van der Waals surface area contributed by atoms with Crippen molar-refractivity contribution < 1.29 is 28.4 Å². The molecule has 11 heteroatoms. The number of hydrogen-bond donors (Lipinski definition) is 4. The third-order valence-electron chi connectivity index (χ3n) is 6.59. The molecule has 3 rings (SSSR count). The van der Waals surface area contributed by atoms with Gasteiger partial charge in [-0.3, -0.25) is 4.79 Å². The summed E-state index contributed by atoms with van der Waals surface area (Å²) in [5, 5.41) is 27.5. The van der Waals surface area contributed by atoms with Gasteiger partial charge in [-0.1, -0.05) is 25.7 Å². The Kier molecular flexibility index (Phi) is 5.92. The van der Waals surface area contributed by atoms with Crippen LogP contribution in [0, 0.1) is 11.3 Å². The van der Waals surface area contributed by atoms with E-state index in [2.05, 4.69) is 0 Å². The smallest absolute Gasteiger partial charge is 0.451 e. The van der Waals surface area contributed by atoms with Crippen LogP contribution in [0.25, 0.3) is 0 Å².